The van der Waals surface area contributed by atoms with E-state index in [4.69, 9.17) is 11.6 Å². The summed E-state index contributed by atoms with van der Waals surface area (Å²) in [6, 6.07) is 7.98. The molecule has 31 heavy (non-hydrogen) atoms. The number of nitrogens with zero attached hydrogens (tertiary/aromatic N) is 2. The molecule has 10 heteroatoms. The predicted molar refractivity (Wildman–Crippen MR) is 112 cm³/mol. The van der Waals surface area contributed by atoms with E-state index in [0.29, 0.717) is 37.2 Å². The number of benzene rings is 1. The van der Waals surface area contributed by atoms with Gasteiger partial charge in [0.1, 0.15) is 5.82 Å². The molecule has 166 valence electrons. The molecule has 2 N–H and O–H groups in total. The minimum atomic E-state index is -4.51. The van der Waals surface area contributed by atoms with Crippen molar-refractivity contribution in [2.45, 2.75) is 25.4 Å². The highest BCUT2D eigenvalue weighted by Crippen LogP contribution is 2.34. The molecule has 0 spiro atoms. The quantitative estimate of drug-likeness (QED) is 0.718. The number of aromatic nitrogens is 1. The Morgan fingerprint density at radius 3 is 2.52 bits per heavy atom. The van der Waals surface area contributed by atoms with E-state index in [-0.39, 0.29) is 35.0 Å². The number of halogens is 4. The van der Waals surface area contributed by atoms with Gasteiger partial charge in [-0.2, -0.15) is 13.2 Å². The van der Waals surface area contributed by atoms with Gasteiger partial charge in [-0.25, -0.2) is 4.98 Å². The lowest BCUT2D eigenvalue weighted by Gasteiger charge is -2.32. The van der Waals surface area contributed by atoms with Crippen LogP contribution in [-0.2, 0) is 22.2 Å². The number of anilines is 2. The lowest BCUT2D eigenvalue weighted by Crippen LogP contribution is -2.39. The highest BCUT2D eigenvalue weighted by Gasteiger charge is 2.33. The summed E-state index contributed by atoms with van der Waals surface area (Å²) in [5.41, 5.74) is 0.408. The second-order valence-corrected chi connectivity index (χ2v) is 7.69. The fourth-order valence-corrected chi connectivity index (χ4v) is 3.75. The minimum absolute atomic E-state index is 0.0687. The molecule has 1 aliphatic rings. The maximum absolute atomic E-state index is 12.8. The Balaban J connectivity index is 1.62. The van der Waals surface area contributed by atoms with E-state index in [0.717, 1.165) is 12.3 Å². The lowest BCUT2D eigenvalue weighted by atomic mass is 9.95. The average Bonchev–Trinajstić information content (AvgIpc) is 2.74. The summed E-state index contributed by atoms with van der Waals surface area (Å²) in [5.74, 6) is -0.298. The molecule has 0 bridgehead atoms. The van der Waals surface area contributed by atoms with Crippen molar-refractivity contribution in [3.8, 4) is 0 Å². The van der Waals surface area contributed by atoms with Gasteiger partial charge in [0.2, 0.25) is 11.8 Å². The Bertz CT molecular complexity index is 960. The Morgan fingerprint density at radius 2 is 1.90 bits per heavy atom. The highest BCUT2D eigenvalue weighted by molar-refractivity contribution is 6.33. The summed E-state index contributed by atoms with van der Waals surface area (Å²) in [4.78, 5) is 30.1. The van der Waals surface area contributed by atoms with Gasteiger partial charge in [0.25, 0.3) is 0 Å². The van der Waals surface area contributed by atoms with Crippen molar-refractivity contribution in [1.82, 2.24) is 10.3 Å². The van der Waals surface area contributed by atoms with Gasteiger partial charge in [-0.05, 0) is 30.5 Å². The number of carbonyl (C=O) groups excluding carboxylic acids is 2. The van der Waals surface area contributed by atoms with Crippen LogP contribution in [0.2, 0.25) is 5.02 Å². The highest BCUT2D eigenvalue weighted by atomic mass is 35.5. The third-order valence-corrected chi connectivity index (χ3v) is 5.50. The third-order valence-electron chi connectivity index (χ3n) is 5.22. The topological polar surface area (TPSA) is 74.3 Å². The number of piperidine rings is 1. The summed E-state index contributed by atoms with van der Waals surface area (Å²) in [6.45, 7) is 0.881. The summed E-state index contributed by atoms with van der Waals surface area (Å²) in [6.07, 6.45) is -2.58. The Kier molecular flexibility index (Phi) is 7.04. The van der Waals surface area contributed by atoms with Crippen LogP contribution in [0.1, 0.15) is 24.0 Å². The maximum atomic E-state index is 12.8. The van der Waals surface area contributed by atoms with Crippen molar-refractivity contribution >= 4 is 34.9 Å². The van der Waals surface area contributed by atoms with Gasteiger partial charge < -0.3 is 15.5 Å². The number of hydrogen-bond acceptors (Lipinski definition) is 4. The molecule has 1 aliphatic heterocycles. The molecule has 1 aromatic heterocycles. The first-order valence-electron chi connectivity index (χ1n) is 9.76. The molecular weight excluding hydrogens is 433 g/mol. The van der Waals surface area contributed by atoms with Gasteiger partial charge in [-0.3, -0.25) is 9.59 Å². The smallest absolute Gasteiger partial charge is 0.359 e. The average molecular weight is 455 g/mol. The molecule has 1 aromatic carbocycles. The molecule has 0 atom stereocenters. The Morgan fingerprint density at radius 1 is 1.23 bits per heavy atom. The first-order chi connectivity index (χ1) is 14.7. The van der Waals surface area contributed by atoms with Crippen LogP contribution in [0.15, 0.2) is 36.5 Å². The number of alkyl halides is 3. The molecule has 1 saturated heterocycles. The normalized spacial score (nSPS) is 14.9. The second-order valence-electron chi connectivity index (χ2n) is 7.28. The van der Waals surface area contributed by atoms with Crippen molar-refractivity contribution in [2.75, 3.05) is 30.4 Å². The zero-order chi connectivity index (χ0) is 22.6. The van der Waals surface area contributed by atoms with Gasteiger partial charge in [-0.15, -0.1) is 0 Å². The summed E-state index contributed by atoms with van der Waals surface area (Å²) >= 11 is 6.03. The third kappa shape index (κ3) is 5.66. The fraction of sp³-hybridized carbons (Fsp3) is 0.381. The SMILES string of the molecule is CNC(=O)Cc1ccccc1NC(=O)C1CCN(c2ncc(C(F)(F)F)cc2Cl)CC1. The van der Waals surface area contributed by atoms with Gasteiger partial charge in [0.05, 0.1) is 17.0 Å². The number of hydrogen-bond donors (Lipinski definition) is 2. The van der Waals surface area contributed by atoms with E-state index < -0.39 is 11.7 Å². The number of carbonyl (C=O) groups is 2. The monoisotopic (exact) mass is 454 g/mol. The molecule has 6 nitrogen and oxygen atoms in total. The zero-order valence-electron chi connectivity index (χ0n) is 16.8. The van der Waals surface area contributed by atoms with Crippen molar-refractivity contribution < 1.29 is 22.8 Å². The molecule has 2 amide bonds. The van der Waals surface area contributed by atoms with Crippen molar-refractivity contribution in [2.24, 2.45) is 5.92 Å². The summed E-state index contributed by atoms with van der Waals surface area (Å²) in [5, 5.41) is 5.38. The van der Waals surface area contributed by atoms with Crippen LogP contribution in [0.5, 0.6) is 0 Å². The lowest BCUT2D eigenvalue weighted by molar-refractivity contribution is -0.137. The first kappa shape index (κ1) is 22.9. The molecular formula is C21H22ClF3N4O2. The molecule has 3 rings (SSSR count). The summed E-state index contributed by atoms with van der Waals surface area (Å²) in [7, 11) is 1.55. The van der Waals surface area contributed by atoms with Crippen LogP contribution >= 0.6 is 11.6 Å². The van der Waals surface area contributed by atoms with Crippen LogP contribution < -0.4 is 15.5 Å². The largest absolute Gasteiger partial charge is 0.417 e. The molecule has 0 aliphatic carbocycles. The van der Waals surface area contributed by atoms with Crippen LogP contribution in [-0.4, -0.2) is 36.9 Å². The van der Waals surface area contributed by atoms with Crippen LogP contribution in [0, 0.1) is 5.92 Å². The summed E-state index contributed by atoms with van der Waals surface area (Å²) < 4.78 is 38.4. The van der Waals surface area contributed by atoms with Crippen molar-refractivity contribution in [1.29, 1.82) is 0 Å². The second kappa shape index (κ2) is 9.55. The Hall–Kier alpha value is -2.81. The maximum Gasteiger partial charge on any atom is 0.417 e. The minimum Gasteiger partial charge on any atom is -0.359 e. The molecule has 2 aromatic rings. The number of rotatable bonds is 5. The van der Waals surface area contributed by atoms with E-state index in [1.807, 2.05) is 0 Å². The van der Waals surface area contributed by atoms with E-state index >= 15 is 0 Å². The molecule has 0 radical (unpaired) electrons. The van der Waals surface area contributed by atoms with Crippen LogP contribution in [0.25, 0.3) is 0 Å². The van der Waals surface area contributed by atoms with Crippen molar-refractivity contribution in [3.05, 3.63) is 52.7 Å². The number of pyridine rings is 1. The van der Waals surface area contributed by atoms with E-state index in [9.17, 15) is 22.8 Å². The van der Waals surface area contributed by atoms with Crippen LogP contribution in [0.4, 0.5) is 24.7 Å². The predicted octanol–water partition coefficient (Wildman–Crippen LogP) is 3.90. The number of nitrogens with one attached hydrogen (secondary N) is 2. The number of amides is 2. The van der Waals surface area contributed by atoms with Gasteiger partial charge >= 0.3 is 6.18 Å². The van der Waals surface area contributed by atoms with Gasteiger partial charge in [0.15, 0.2) is 0 Å². The van der Waals surface area contributed by atoms with E-state index in [1.165, 1.54) is 0 Å². The van der Waals surface area contributed by atoms with Crippen LogP contribution in [0.3, 0.4) is 0 Å². The Labute approximate surface area is 182 Å². The molecule has 0 saturated carbocycles. The number of para-hydroxylation sites is 1. The molecule has 0 unspecified atom stereocenters. The van der Waals surface area contributed by atoms with E-state index in [2.05, 4.69) is 15.6 Å². The molecule has 2 heterocycles. The first-order valence-corrected chi connectivity index (χ1v) is 10.1. The van der Waals surface area contributed by atoms with Gasteiger partial charge in [-0.1, -0.05) is 29.8 Å². The standard InChI is InChI=1S/C21H22ClF3N4O2/c1-26-18(30)10-14-4-2-3-5-17(14)28-20(31)13-6-8-29(9-7-13)19-16(22)11-15(12-27-19)21(23,24)25/h2-5,11-13H,6-10H2,1H3,(H,26,30)(H,28,31). The number of likely N-dealkylation sites (N-methyl/N-ethyl adjacent to an activating group) is 1. The van der Waals surface area contributed by atoms with Crippen molar-refractivity contribution in [3.63, 3.8) is 0 Å². The fourth-order valence-electron chi connectivity index (χ4n) is 3.46. The molecule has 1 fully saturated rings. The van der Waals surface area contributed by atoms with Gasteiger partial charge in [0, 0.05) is 37.9 Å². The van der Waals surface area contributed by atoms with E-state index in [1.54, 1.807) is 36.2 Å². The zero-order valence-corrected chi connectivity index (χ0v) is 17.6.